The summed E-state index contributed by atoms with van der Waals surface area (Å²) in [5.74, 6) is 2.50. The molecule has 22 heavy (non-hydrogen) atoms. The molecule has 1 aromatic rings. The second-order valence-electron chi connectivity index (χ2n) is 5.05. The van der Waals surface area contributed by atoms with Gasteiger partial charge >= 0.3 is 0 Å². The molecule has 2 aliphatic heterocycles. The Morgan fingerprint density at radius 2 is 2.09 bits per heavy atom. The summed E-state index contributed by atoms with van der Waals surface area (Å²) in [4.78, 5) is 14.3. The number of fused-ring (bicyclic) bond motifs is 1. The average Bonchev–Trinajstić information content (AvgIpc) is 2.72. The van der Waals surface area contributed by atoms with Crippen LogP contribution in [0.15, 0.2) is 29.4 Å². The minimum absolute atomic E-state index is 0.232. The SMILES string of the molecule is O=C1NN=C(CSCCN2CCOCC2)Oc2ccccc21. The summed E-state index contributed by atoms with van der Waals surface area (Å²) in [5.41, 5.74) is 3.04. The third kappa shape index (κ3) is 4.00. The van der Waals surface area contributed by atoms with E-state index in [9.17, 15) is 4.79 Å². The van der Waals surface area contributed by atoms with Gasteiger partial charge in [0.05, 0.1) is 24.5 Å². The second kappa shape index (κ2) is 7.62. The molecule has 1 N–H and O–H groups in total. The second-order valence-corrected chi connectivity index (χ2v) is 6.16. The summed E-state index contributed by atoms with van der Waals surface area (Å²) in [6, 6.07) is 7.17. The van der Waals surface area contributed by atoms with Crippen molar-refractivity contribution < 1.29 is 14.3 Å². The van der Waals surface area contributed by atoms with Gasteiger partial charge in [0.15, 0.2) is 0 Å². The van der Waals surface area contributed by atoms with Crippen molar-refractivity contribution in [1.29, 1.82) is 0 Å². The van der Waals surface area contributed by atoms with Gasteiger partial charge in [-0.2, -0.15) is 11.8 Å². The highest BCUT2D eigenvalue weighted by atomic mass is 32.2. The number of nitrogens with one attached hydrogen (secondary N) is 1. The van der Waals surface area contributed by atoms with Crippen LogP contribution in [-0.4, -0.2) is 61.1 Å². The smallest absolute Gasteiger partial charge is 0.275 e. The number of thioether (sulfide) groups is 1. The largest absolute Gasteiger partial charge is 0.440 e. The van der Waals surface area contributed by atoms with E-state index in [1.165, 1.54) is 0 Å². The molecule has 0 bridgehead atoms. The number of hydrogen-bond donors (Lipinski definition) is 1. The van der Waals surface area contributed by atoms with Gasteiger partial charge in [-0.1, -0.05) is 12.1 Å². The number of hydrogen-bond acceptors (Lipinski definition) is 6. The lowest BCUT2D eigenvalue weighted by Gasteiger charge is -2.26. The molecule has 0 unspecified atom stereocenters. The topological polar surface area (TPSA) is 63.2 Å². The fourth-order valence-corrected chi connectivity index (χ4v) is 3.14. The van der Waals surface area contributed by atoms with Gasteiger partial charge in [0, 0.05) is 25.4 Å². The van der Waals surface area contributed by atoms with E-state index in [-0.39, 0.29) is 5.91 Å². The maximum absolute atomic E-state index is 11.9. The van der Waals surface area contributed by atoms with E-state index in [2.05, 4.69) is 15.4 Å². The molecule has 0 aliphatic carbocycles. The van der Waals surface area contributed by atoms with Crippen molar-refractivity contribution in [1.82, 2.24) is 10.3 Å². The normalized spacial score (nSPS) is 18.7. The lowest BCUT2D eigenvalue weighted by atomic mass is 10.2. The number of carbonyl (C=O) groups excluding carboxylic acids is 1. The van der Waals surface area contributed by atoms with Crippen molar-refractivity contribution >= 4 is 23.6 Å². The first-order valence-electron chi connectivity index (χ1n) is 7.34. The van der Waals surface area contributed by atoms with Gasteiger partial charge in [-0.25, -0.2) is 5.43 Å². The summed E-state index contributed by atoms with van der Waals surface area (Å²) < 4.78 is 11.1. The number of amides is 1. The summed E-state index contributed by atoms with van der Waals surface area (Å²) in [5, 5.41) is 4.04. The minimum Gasteiger partial charge on any atom is -0.440 e. The molecule has 1 fully saturated rings. The van der Waals surface area contributed by atoms with E-state index in [0.717, 1.165) is 38.6 Å². The first kappa shape index (κ1) is 15.3. The molecule has 7 heteroatoms. The Morgan fingerprint density at radius 1 is 1.27 bits per heavy atom. The van der Waals surface area contributed by atoms with Crippen LogP contribution in [0.25, 0.3) is 0 Å². The van der Waals surface area contributed by atoms with Crippen molar-refractivity contribution in [3.05, 3.63) is 29.8 Å². The molecule has 0 aromatic heterocycles. The Labute approximate surface area is 133 Å². The standard InChI is InChI=1S/C15H19N3O3S/c19-15-12-3-1-2-4-13(12)21-14(16-17-15)11-22-10-7-18-5-8-20-9-6-18/h1-4H,5-11H2,(H,17,19). The summed E-state index contributed by atoms with van der Waals surface area (Å²) in [6.45, 7) is 4.68. The lowest BCUT2D eigenvalue weighted by molar-refractivity contribution is 0.0410. The molecular formula is C15H19N3O3S. The monoisotopic (exact) mass is 321 g/mol. The molecular weight excluding hydrogens is 302 g/mol. The van der Waals surface area contributed by atoms with Crippen molar-refractivity contribution in [3.63, 3.8) is 0 Å². The Bertz CT molecular complexity index is 559. The summed E-state index contributed by atoms with van der Waals surface area (Å²) in [7, 11) is 0. The Kier molecular flexibility index (Phi) is 5.31. The lowest BCUT2D eigenvalue weighted by Crippen LogP contribution is -2.37. The maximum atomic E-state index is 11.9. The van der Waals surface area contributed by atoms with Gasteiger partial charge in [0.1, 0.15) is 5.75 Å². The van der Waals surface area contributed by atoms with Crippen LogP contribution < -0.4 is 10.2 Å². The van der Waals surface area contributed by atoms with Gasteiger partial charge in [-0.3, -0.25) is 9.69 Å². The highest BCUT2D eigenvalue weighted by Gasteiger charge is 2.18. The zero-order valence-corrected chi connectivity index (χ0v) is 13.1. The van der Waals surface area contributed by atoms with E-state index in [0.29, 0.717) is 23.0 Å². The Hall–Kier alpha value is -1.57. The highest BCUT2D eigenvalue weighted by Crippen LogP contribution is 2.20. The molecule has 6 nitrogen and oxygen atoms in total. The molecule has 0 saturated carbocycles. The van der Waals surface area contributed by atoms with E-state index >= 15 is 0 Å². The fourth-order valence-electron chi connectivity index (χ4n) is 2.31. The molecule has 118 valence electrons. The molecule has 0 radical (unpaired) electrons. The Balaban J connectivity index is 1.47. The molecule has 2 aliphatic rings. The zero-order valence-electron chi connectivity index (χ0n) is 12.3. The van der Waals surface area contributed by atoms with Gasteiger partial charge < -0.3 is 9.47 Å². The number of hydrazone groups is 1. The Morgan fingerprint density at radius 3 is 2.95 bits per heavy atom. The van der Waals surface area contributed by atoms with Crippen LogP contribution in [0.4, 0.5) is 0 Å². The summed E-state index contributed by atoms with van der Waals surface area (Å²) in [6.07, 6.45) is 0. The number of carbonyl (C=O) groups is 1. The van der Waals surface area contributed by atoms with E-state index < -0.39 is 0 Å². The highest BCUT2D eigenvalue weighted by molar-refractivity contribution is 7.99. The molecule has 1 aromatic carbocycles. The molecule has 0 atom stereocenters. The minimum atomic E-state index is -0.232. The maximum Gasteiger partial charge on any atom is 0.275 e. The van der Waals surface area contributed by atoms with Crippen LogP contribution in [-0.2, 0) is 4.74 Å². The zero-order chi connectivity index (χ0) is 15.2. The van der Waals surface area contributed by atoms with Crippen LogP contribution >= 0.6 is 11.8 Å². The van der Waals surface area contributed by atoms with Crippen molar-refractivity contribution in [3.8, 4) is 5.75 Å². The predicted octanol–water partition coefficient (Wildman–Crippen LogP) is 1.19. The van der Waals surface area contributed by atoms with Crippen LogP contribution in [0.1, 0.15) is 10.4 Å². The van der Waals surface area contributed by atoms with Gasteiger partial charge in [0.2, 0.25) is 5.90 Å². The van der Waals surface area contributed by atoms with Crippen molar-refractivity contribution in [2.75, 3.05) is 44.4 Å². The van der Waals surface area contributed by atoms with E-state index in [1.807, 2.05) is 12.1 Å². The first-order chi connectivity index (χ1) is 10.8. The first-order valence-corrected chi connectivity index (χ1v) is 8.50. The molecule has 2 heterocycles. The van der Waals surface area contributed by atoms with Crippen LogP contribution in [0.2, 0.25) is 0 Å². The van der Waals surface area contributed by atoms with E-state index in [1.54, 1.807) is 23.9 Å². The number of ether oxygens (including phenoxy) is 2. The summed E-state index contributed by atoms with van der Waals surface area (Å²) >= 11 is 1.75. The van der Waals surface area contributed by atoms with Gasteiger partial charge in [0.25, 0.3) is 5.91 Å². The van der Waals surface area contributed by atoms with Gasteiger partial charge in [-0.15, -0.1) is 5.10 Å². The third-order valence-electron chi connectivity index (χ3n) is 3.52. The number of benzene rings is 1. The molecule has 1 saturated heterocycles. The molecule has 1 amide bonds. The molecule has 3 rings (SSSR count). The van der Waals surface area contributed by atoms with Gasteiger partial charge in [-0.05, 0) is 12.1 Å². The quantitative estimate of drug-likeness (QED) is 0.825. The molecule has 0 spiro atoms. The third-order valence-corrected chi connectivity index (χ3v) is 4.45. The average molecular weight is 321 g/mol. The number of morpholine rings is 1. The van der Waals surface area contributed by atoms with Crippen LogP contribution in [0.3, 0.4) is 0 Å². The number of para-hydroxylation sites is 1. The fraction of sp³-hybridized carbons (Fsp3) is 0.467. The predicted molar refractivity (Wildman–Crippen MR) is 86.6 cm³/mol. The van der Waals surface area contributed by atoms with Crippen LogP contribution in [0, 0.1) is 0 Å². The van der Waals surface area contributed by atoms with E-state index in [4.69, 9.17) is 9.47 Å². The van der Waals surface area contributed by atoms with Crippen molar-refractivity contribution in [2.45, 2.75) is 0 Å². The number of rotatable bonds is 5. The van der Waals surface area contributed by atoms with Crippen molar-refractivity contribution in [2.24, 2.45) is 5.10 Å². The van der Waals surface area contributed by atoms with Crippen LogP contribution in [0.5, 0.6) is 5.75 Å². The number of nitrogens with zero attached hydrogens (tertiary/aromatic N) is 2.